The van der Waals surface area contributed by atoms with Gasteiger partial charge in [-0.15, -0.1) is 0 Å². The number of ether oxygens (including phenoxy) is 1. The van der Waals surface area contributed by atoms with E-state index in [1.807, 2.05) is 6.92 Å². The third kappa shape index (κ3) is 5.22. The van der Waals surface area contributed by atoms with Crippen LogP contribution >= 0.6 is 0 Å². The third-order valence-corrected chi connectivity index (χ3v) is 1.98. The lowest BCUT2D eigenvalue weighted by Gasteiger charge is -2.02. The Morgan fingerprint density at radius 2 is 2.27 bits per heavy atom. The van der Waals surface area contributed by atoms with Gasteiger partial charge in [0.1, 0.15) is 0 Å². The molecule has 1 aliphatic rings. The number of hydrogen-bond acceptors (Lipinski definition) is 2. The largest absolute Gasteiger partial charge is 0.382 e. The Bertz CT molecular complexity index is 91.6. The van der Waals surface area contributed by atoms with Gasteiger partial charge < -0.3 is 10.1 Å². The predicted molar refractivity (Wildman–Crippen MR) is 46.7 cm³/mol. The molecule has 11 heavy (non-hydrogen) atoms. The SMILES string of the molecule is CCOCCCNCC1CC1. The van der Waals surface area contributed by atoms with E-state index in [1.165, 1.54) is 19.4 Å². The lowest BCUT2D eigenvalue weighted by molar-refractivity contribution is 0.145. The van der Waals surface area contributed by atoms with Gasteiger partial charge >= 0.3 is 0 Å². The Kier molecular flexibility index (Phi) is 4.55. The second kappa shape index (κ2) is 5.56. The summed E-state index contributed by atoms with van der Waals surface area (Å²) in [5.41, 5.74) is 0. The minimum absolute atomic E-state index is 0.850. The number of hydrogen-bond donors (Lipinski definition) is 1. The van der Waals surface area contributed by atoms with Crippen molar-refractivity contribution >= 4 is 0 Å². The van der Waals surface area contributed by atoms with Gasteiger partial charge in [-0.25, -0.2) is 0 Å². The quantitative estimate of drug-likeness (QED) is 0.564. The minimum Gasteiger partial charge on any atom is -0.382 e. The molecule has 0 radical (unpaired) electrons. The highest BCUT2D eigenvalue weighted by Gasteiger charge is 2.19. The summed E-state index contributed by atoms with van der Waals surface area (Å²) < 4.78 is 5.22. The molecule has 0 heterocycles. The van der Waals surface area contributed by atoms with Crippen LogP contribution in [-0.2, 0) is 4.74 Å². The summed E-state index contributed by atoms with van der Waals surface area (Å²) in [6, 6.07) is 0. The van der Waals surface area contributed by atoms with Crippen LogP contribution in [0.2, 0.25) is 0 Å². The first kappa shape index (κ1) is 9.01. The molecule has 2 nitrogen and oxygen atoms in total. The molecule has 0 atom stereocenters. The molecule has 0 amide bonds. The Labute approximate surface area is 69.3 Å². The Balaban J connectivity index is 1.66. The first-order valence-corrected chi connectivity index (χ1v) is 4.72. The second-order valence-electron chi connectivity index (χ2n) is 3.20. The molecular weight excluding hydrogens is 138 g/mol. The van der Waals surface area contributed by atoms with Crippen LogP contribution in [0.3, 0.4) is 0 Å². The molecule has 1 saturated carbocycles. The van der Waals surface area contributed by atoms with Gasteiger partial charge in [-0.1, -0.05) is 0 Å². The average molecular weight is 157 g/mol. The maximum atomic E-state index is 5.22. The Morgan fingerprint density at radius 1 is 1.45 bits per heavy atom. The summed E-state index contributed by atoms with van der Waals surface area (Å²) in [6.45, 7) is 6.15. The highest BCUT2D eigenvalue weighted by Crippen LogP contribution is 2.27. The molecule has 2 heteroatoms. The van der Waals surface area contributed by atoms with E-state index < -0.39 is 0 Å². The van der Waals surface area contributed by atoms with E-state index in [4.69, 9.17) is 4.74 Å². The second-order valence-corrected chi connectivity index (χ2v) is 3.20. The van der Waals surface area contributed by atoms with Crippen molar-refractivity contribution in [3.8, 4) is 0 Å². The summed E-state index contributed by atoms with van der Waals surface area (Å²) in [5.74, 6) is 1.00. The fourth-order valence-corrected chi connectivity index (χ4v) is 1.07. The molecule has 0 aromatic rings. The summed E-state index contributed by atoms with van der Waals surface area (Å²) in [5, 5.41) is 3.43. The summed E-state index contributed by atoms with van der Waals surface area (Å²) in [4.78, 5) is 0. The van der Waals surface area contributed by atoms with E-state index >= 15 is 0 Å². The van der Waals surface area contributed by atoms with Gasteiger partial charge in [-0.2, -0.15) is 0 Å². The lowest BCUT2D eigenvalue weighted by atomic mass is 10.4. The van der Waals surface area contributed by atoms with E-state index in [9.17, 15) is 0 Å². The van der Waals surface area contributed by atoms with Gasteiger partial charge in [0.15, 0.2) is 0 Å². The summed E-state index contributed by atoms with van der Waals surface area (Å²) in [6.07, 6.45) is 4.04. The monoisotopic (exact) mass is 157 g/mol. The lowest BCUT2D eigenvalue weighted by Crippen LogP contribution is -2.19. The molecule has 0 unspecified atom stereocenters. The number of rotatable bonds is 7. The Morgan fingerprint density at radius 3 is 2.91 bits per heavy atom. The fraction of sp³-hybridized carbons (Fsp3) is 1.00. The van der Waals surface area contributed by atoms with Crippen LogP contribution in [0.1, 0.15) is 26.2 Å². The van der Waals surface area contributed by atoms with Crippen LogP contribution in [0.4, 0.5) is 0 Å². The number of nitrogens with one attached hydrogen (secondary N) is 1. The van der Waals surface area contributed by atoms with Crippen LogP contribution in [-0.4, -0.2) is 26.3 Å². The maximum Gasteiger partial charge on any atom is 0.0477 e. The highest BCUT2D eigenvalue weighted by molar-refractivity contribution is 4.74. The van der Waals surface area contributed by atoms with Crippen molar-refractivity contribution in [2.24, 2.45) is 5.92 Å². The van der Waals surface area contributed by atoms with Gasteiger partial charge in [0.05, 0.1) is 0 Å². The molecule has 0 aromatic heterocycles. The molecule has 0 bridgehead atoms. The van der Waals surface area contributed by atoms with Crippen molar-refractivity contribution in [1.82, 2.24) is 5.32 Å². The van der Waals surface area contributed by atoms with Crippen molar-refractivity contribution in [1.29, 1.82) is 0 Å². The van der Waals surface area contributed by atoms with E-state index in [0.717, 1.165) is 32.1 Å². The van der Waals surface area contributed by atoms with Crippen molar-refractivity contribution in [2.75, 3.05) is 26.3 Å². The van der Waals surface area contributed by atoms with Crippen LogP contribution in [0.5, 0.6) is 0 Å². The topological polar surface area (TPSA) is 21.3 Å². The van der Waals surface area contributed by atoms with Crippen LogP contribution in [0.15, 0.2) is 0 Å². The van der Waals surface area contributed by atoms with Gasteiger partial charge in [0, 0.05) is 13.2 Å². The van der Waals surface area contributed by atoms with E-state index in [0.29, 0.717) is 0 Å². The van der Waals surface area contributed by atoms with Gasteiger partial charge in [0.25, 0.3) is 0 Å². The van der Waals surface area contributed by atoms with Crippen molar-refractivity contribution in [3.05, 3.63) is 0 Å². The fourth-order valence-electron chi connectivity index (χ4n) is 1.07. The zero-order valence-electron chi connectivity index (χ0n) is 7.44. The first-order valence-electron chi connectivity index (χ1n) is 4.72. The molecule has 0 aliphatic heterocycles. The molecule has 1 N–H and O–H groups in total. The van der Waals surface area contributed by atoms with Crippen molar-refractivity contribution in [2.45, 2.75) is 26.2 Å². The zero-order valence-corrected chi connectivity index (χ0v) is 7.44. The molecule has 1 aliphatic carbocycles. The standard InChI is InChI=1S/C9H19NO/c1-2-11-7-3-6-10-8-9-4-5-9/h9-10H,2-8H2,1H3. The van der Waals surface area contributed by atoms with Crippen molar-refractivity contribution < 1.29 is 4.74 Å². The highest BCUT2D eigenvalue weighted by atomic mass is 16.5. The van der Waals surface area contributed by atoms with E-state index in [1.54, 1.807) is 0 Å². The zero-order chi connectivity index (χ0) is 7.94. The van der Waals surface area contributed by atoms with E-state index in [2.05, 4.69) is 5.32 Å². The molecule has 0 aromatic carbocycles. The normalized spacial score (nSPS) is 17.2. The molecular formula is C9H19NO. The predicted octanol–water partition coefficient (Wildman–Crippen LogP) is 1.41. The third-order valence-electron chi connectivity index (χ3n) is 1.98. The summed E-state index contributed by atoms with van der Waals surface area (Å²) in [7, 11) is 0. The van der Waals surface area contributed by atoms with Crippen LogP contribution in [0, 0.1) is 5.92 Å². The maximum absolute atomic E-state index is 5.22. The Hall–Kier alpha value is -0.0800. The molecule has 0 saturated heterocycles. The van der Waals surface area contributed by atoms with Crippen LogP contribution in [0.25, 0.3) is 0 Å². The molecule has 1 rings (SSSR count). The van der Waals surface area contributed by atoms with Gasteiger partial charge in [-0.3, -0.25) is 0 Å². The van der Waals surface area contributed by atoms with Gasteiger partial charge in [-0.05, 0) is 45.2 Å². The van der Waals surface area contributed by atoms with Gasteiger partial charge in [0.2, 0.25) is 0 Å². The van der Waals surface area contributed by atoms with Crippen LogP contribution < -0.4 is 5.32 Å². The van der Waals surface area contributed by atoms with Crippen molar-refractivity contribution in [3.63, 3.8) is 0 Å². The average Bonchev–Trinajstić information content (AvgIpc) is 2.80. The molecule has 0 spiro atoms. The molecule has 1 fully saturated rings. The minimum atomic E-state index is 0.850. The van der Waals surface area contributed by atoms with E-state index in [-0.39, 0.29) is 0 Å². The smallest absolute Gasteiger partial charge is 0.0477 e. The summed E-state index contributed by atoms with van der Waals surface area (Å²) >= 11 is 0. The molecule has 66 valence electrons. The first-order chi connectivity index (χ1) is 5.43.